The van der Waals surface area contributed by atoms with Crippen LogP contribution >= 0.6 is 11.3 Å². The van der Waals surface area contributed by atoms with Crippen LogP contribution in [0.25, 0.3) is 5.57 Å². The van der Waals surface area contributed by atoms with Crippen LogP contribution in [0.4, 0.5) is 0 Å². The summed E-state index contributed by atoms with van der Waals surface area (Å²) in [5.41, 5.74) is 7.25. The van der Waals surface area contributed by atoms with Crippen molar-refractivity contribution in [3.8, 4) is 0 Å². The topological polar surface area (TPSA) is 58.9 Å². The summed E-state index contributed by atoms with van der Waals surface area (Å²) in [4.78, 5) is 15.9. The number of hydrazone groups is 1. The van der Waals surface area contributed by atoms with Gasteiger partial charge in [-0.1, -0.05) is 6.07 Å². The van der Waals surface area contributed by atoms with Crippen molar-refractivity contribution in [3.63, 3.8) is 0 Å². The number of ether oxygens (including phenoxy) is 1. The van der Waals surface area contributed by atoms with Crippen molar-refractivity contribution in [2.45, 2.75) is 20.5 Å². The number of hydrogen-bond acceptors (Lipinski definition) is 5. The molecule has 1 N–H and O–H groups in total. The fourth-order valence-corrected chi connectivity index (χ4v) is 4.27. The average Bonchev–Trinajstić information content (AvgIpc) is 3.36. The maximum atomic E-state index is 12.5. The van der Waals surface area contributed by atoms with Crippen LogP contribution in [0.15, 0.2) is 40.5 Å². The van der Waals surface area contributed by atoms with E-state index in [9.17, 15) is 4.79 Å². The monoisotopic (exact) mass is 370 g/mol. The Hall–Kier alpha value is -2.22. The molecule has 0 bridgehead atoms. The smallest absolute Gasteiger partial charge is 0.274 e. The van der Waals surface area contributed by atoms with E-state index in [2.05, 4.69) is 39.2 Å². The van der Waals surface area contributed by atoms with Crippen LogP contribution in [-0.2, 0) is 16.2 Å². The summed E-state index contributed by atoms with van der Waals surface area (Å²) in [6.45, 7) is 8.29. The fraction of sp³-hybridized carbons (Fsp3) is 0.368. The highest BCUT2D eigenvalue weighted by Gasteiger charge is 2.29. The average molecular weight is 370 g/mol. The highest BCUT2D eigenvalue weighted by molar-refractivity contribution is 7.12. The maximum absolute atomic E-state index is 12.5. The van der Waals surface area contributed by atoms with Gasteiger partial charge >= 0.3 is 0 Å². The molecule has 0 saturated carbocycles. The third kappa shape index (κ3) is 3.13. The fourth-order valence-electron chi connectivity index (χ4n) is 3.55. The van der Waals surface area contributed by atoms with Crippen molar-refractivity contribution in [2.75, 3.05) is 26.3 Å². The molecule has 2 aromatic rings. The van der Waals surface area contributed by atoms with Crippen molar-refractivity contribution in [3.05, 3.63) is 51.5 Å². The first kappa shape index (κ1) is 17.2. The molecule has 0 aliphatic carbocycles. The minimum atomic E-state index is -0.135. The van der Waals surface area contributed by atoms with Gasteiger partial charge in [0.05, 0.1) is 30.3 Å². The van der Waals surface area contributed by atoms with Gasteiger partial charge in [-0.3, -0.25) is 9.69 Å². The van der Waals surface area contributed by atoms with E-state index in [-0.39, 0.29) is 5.91 Å². The Bertz CT molecular complexity index is 873. The second-order valence-electron chi connectivity index (χ2n) is 6.57. The molecule has 7 heteroatoms. The first-order valence-electron chi connectivity index (χ1n) is 8.74. The van der Waals surface area contributed by atoms with E-state index in [4.69, 9.17) is 4.74 Å². The third-order valence-electron chi connectivity index (χ3n) is 4.84. The maximum Gasteiger partial charge on any atom is 0.274 e. The molecule has 6 nitrogen and oxygen atoms in total. The largest absolute Gasteiger partial charge is 0.379 e. The van der Waals surface area contributed by atoms with Gasteiger partial charge in [0.2, 0.25) is 0 Å². The van der Waals surface area contributed by atoms with Gasteiger partial charge < -0.3 is 9.30 Å². The minimum Gasteiger partial charge on any atom is -0.379 e. The molecule has 0 atom stereocenters. The standard InChI is InChI=1S/C19H22N4O2S/c1-13-5-6-23(12-22-7-9-25-10-8-22)18(13)14(2)16-17(20-21-19(16)24)15-4-3-11-26-15/h3-6,11H,7-10,12H2,1-2H3,(H,21,24)/b16-14-. The van der Waals surface area contributed by atoms with E-state index in [0.717, 1.165) is 60.4 Å². The Labute approximate surface area is 156 Å². The van der Waals surface area contributed by atoms with Gasteiger partial charge in [-0.25, -0.2) is 5.43 Å². The Morgan fingerprint density at radius 2 is 2.15 bits per heavy atom. The molecule has 136 valence electrons. The first-order valence-corrected chi connectivity index (χ1v) is 9.62. The lowest BCUT2D eigenvalue weighted by molar-refractivity contribution is -0.116. The van der Waals surface area contributed by atoms with E-state index in [1.807, 2.05) is 24.4 Å². The van der Waals surface area contributed by atoms with E-state index in [0.29, 0.717) is 5.57 Å². The number of rotatable bonds is 4. The summed E-state index contributed by atoms with van der Waals surface area (Å²) in [5, 5.41) is 6.28. The Balaban J connectivity index is 1.72. The summed E-state index contributed by atoms with van der Waals surface area (Å²) in [6, 6.07) is 6.08. The molecule has 0 radical (unpaired) electrons. The second kappa shape index (κ2) is 7.19. The molecule has 2 aliphatic heterocycles. The number of aromatic nitrogens is 1. The normalized spacial score (nSPS) is 20.2. The van der Waals surface area contributed by atoms with Crippen molar-refractivity contribution >= 4 is 28.5 Å². The van der Waals surface area contributed by atoms with Gasteiger partial charge in [0, 0.05) is 25.0 Å². The number of thiophene rings is 1. The molecule has 1 fully saturated rings. The second-order valence-corrected chi connectivity index (χ2v) is 7.52. The number of nitrogens with one attached hydrogen (secondary N) is 1. The minimum absolute atomic E-state index is 0.135. The lowest BCUT2D eigenvalue weighted by atomic mass is 9.99. The quantitative estimate of drug-likeness (QED) is 0.841. The van der Waals surface area contributed by atoms with Gasteiger partial charge in [0.15, 0.2) is 0 Å². The van der Waals surface area contributed by atoms with Crippen LogP contribution in [0.1, 0.15) is 23.1 Å². The van der Waals surface area contributed by atoms with Gasteiger partial charge in [-0.2, -0.15) is 5.10 Å². The van der Waals surface area contributed by atoms with Crippen molar-refractivity contribution in [1.82, 2.24) is 14.9 Å². The Kier molecular flexibility index (Phi) is 4.76. The van der Waals surface area contributed by atoms with Gasteiger partial charge in [-0.05, 0) is 42.5 Å². The van der Waals surface area contributed by atoms with Crippen molar-refractivity contribution < 1.29 is 9.53 Å². The number of carbonyl (C=O) groups excluding carboxylic acids is 1. The van der Waals surface area contributed by atoms with E-state index < -0.39 is 0 Å². The molecule has 2 aromatic heterocycles. The van der Waals surface area contributed by atoms with Gasteiger partial charge in [0.25, 0.3) is 5.91 Å². The lowest BCUT2D eigenvalue weighted by Gasteiger charge is -2.28. The molecule has 1 saturated heterocycles. The van der Waals surface area contributed by atoms with Crippen LogP contribution in [0, 0.1) is 6.92 Å². The SMILES string of the molecule is C/C(=C1/C(=O)NN=C1c1cccs1)c1c(C)ccn1CN1CCOCC1. The number of carbonyl (C=O) groups is 1. The van der Waals surface area contributed by atoms with E-state index >= 15 is 0 Å². The predicted molar refractivity (Wildman–Crippen MR) is 103 cm³/mol. The van der Waals surface area contributed by atoms with Crippen LogP contribution in [0.3, 0.4) is 0 Å². The zero-order valence-electron chi connectivity index (χ0n) is 15.0. The third-order valence-corrected chi connectivity index (χ3v) is 5.72. The lowest BCUT2D eigenvalue weighted by Crippen LogP contribution is -2.37. The molecule has 4 rings (SSSR count). The molecule has 0 aromatic carbocycles. The molecule has 26 heavy (non-hydrogen) atoms. The zero-order chi connectivity index (χ0) is 18.1. The molecule has 4 heterocycles. The summed E-state index contributed by atoms with van der Waals surface area (Å²) >= 11 is 1.59. The molecule has 0 unspecified atom stereocenters. The van der Waals surface area contributed by atoms with E-state index in [1.54, 1.807) is 11.3 Å². The number of hydrogen-bond donors (Lipinski definition) is 1. The van der Waals surface area contributed by atoms with Crippen LogP contribution in [-0.4, -0.2) is 47.4 Å². The van der Waals surface area contributed by atoms with Crippen molar-refractivity contribution in [1.29, 1.82) is 0 Å². The molecular weight excluding hydrogens is 348 g/mol. The Morgan fingerprint density at radius 3 is 2.88 bits per heavy atom. The van der Waals surface area contributed by atoms with Gasteiger partial charge in [0.1, 0.15) is 5.71 Å². The summed E-state index contributed by atoms with van der Waals surface area (Å²) in [5.74, 6) is -0.135. The molecule has 0 spiro atoms. The molecule has 2 aliphatic rings. The summed E-state index contributed by atoms with van der Waals surface area (Å²) < 4.78 is 7.67. The predicted octanol–water partition coefficient (Wildman–Crippen LogP) is 2.46. The highest BCUT2D eigenvalue weighted by Crippen LogP contribution is 2.29. The van der Waals surface area contributed by atoms with Gasteiger partial charge in [-0.15, -0.1) is 11.3 Å². The summed E-state index contributed by atoms with van der Waals surface area (Å²) in [6.07, 6.45) is 2.10. The summed E-state index contributed by atoms with van der Waals surface area (Å²) in [7, 11) is 0. The van der Waals surface area contributed by atoms with E-state index in [1.165, 1.54) is 0 Å². The van der Waals surface area contributed by atoms with Crippen molar-refractivity contribution in [2.24, 2.45) is 5.10 Å². The van der Waals surface area contributed by atoms with Crippen LogP contribution < -0.4 is 5.43 Å². The highest BCUT2D eigenvalue weighted by atomic mass is 32.1. The Morgan fingerprint density at radius 1 is 1.35 bits per heavy atom. The zero-order valence-corrected chi connectivity index (χ0v) is 15.8. The number of morpholine rings is 1. The number of nitrogens with zero attached hydrogens (tertiary/aromatic N) is 3. The molecule has 1 amide bonds. The number of aryl methyl sites for hydroxylation is 1. The van der Waals surface area contributed by atoms with Crippen LogP contribution in [0.5, 0.6) is 0 Å². The number of amides is 1. The number of allylic oxidation sites excluding steroid dienone is 1. The first-order chi connectivity index (χ1) is 12.6. The molecular formula is C19H22N4O2S. The van der Waals surface area contributed by atoms with Crippen LogP contribution in [0.2, 0.25) is 0 Å².